The number of hydrogen-bond acceptors (Lipinski definition) is 4. The number of aromatic nitrogens is 1. The van der Waals surface area contributed by atoms with Gasteiger partial charge in [0.1, 0.15) is 6.29 Å². The molecule has 0 N–H and O–H groups in total. The molecule has 114 valence electrons. The first-order valence-corrected chi connectivity index (χ1v) is 7.69. The molecule has 22 heavy (non-hydrogen) atoms. The second-order valence-electron chi connectivity index (χ2n) is 5.84. The summed E-state index contributed by atoms with van der Waals surface area (Å²) < 4.78 is 0. The maximum absolute atomic E-state index is 10.7. The van der Waals surface area contributed by atoms with Gasteiger partial charge in [-0.3, -0.25) is 14.7 Å². The number of anilines is 1. The van der Waals surface area contributed by atoms with Crippen LogP contribution in [0.2, 0.25) is 0 Å². The molecule has 1 aromatic carbocycles. The summed E-state index contributed by atoms with van der Waals surface area (Å²) >= 11 is 0. The number of piperazine rings is 1. The molecule has 1 saturated heterocycles. The fourth-order valence-electron chi connectivity index (χ4n) is 2.95. The molecule has 1 fully saturated rings. The minimum absolute atomic E-state index is 0.486. The molecule has 2 aromatic rings. The molecular weight excluding hydrogens is 274 g/mol. The molecule has 2 heterocycles. The average Bonchev–Trinajstić information content (AvgIpc) is 2.58. The number of pyridine rings is 1. The Morgan fingerprint density at radius 3 is 2.68 bits per heavy atom. The highest BCUT2D eigenvalue weighted by Gasteiger charge is 2.23. The van der Waals surface area contributed by atoms with Crippen LogP contribution >= 0.6 is 0 Å². The molecule has 1 aliphatic rings. The van der Waals surface area contributed by atoms with Crippen LogP contribution in [0.3, 0.4) is 0 Å². The van der Waals surface area contributed by atoms with Crippen molar-refractivity contribution in [3.63, 3.8) is 0 Å². The maximum Gasteiger partial charge on any atom is 0.150 e. The van der Waals surface area contributed by atoms with E-state index in [1.807, 2.05) is 42.7 Å². The third-order valence-electron chi connectivity index (χ3n) is 4.27. The minimum Gasteiger partial charge on any atom is -0.369 e. The number of nitrogens with zero attached hydrogens (tertiary/aromatic N) is 3. The van der Waals surface area contributed by atoms with Gasteiger partial charge in [0, 0.05) is 55.9 Å². The van der Waals surface area contributed by atoms with Gasteiger partial charge < -0.3 is 4.90 Å². The standard InChI is InChI=1S/C18H21N3O/c1-15-12-21(18-6-4-16(14-22)5-7-18)10-9-20(15)13-17-3-2-8-19-11-17/h2-8,11,14-15H,9-10,12-13H2,1H3. The topological polar surface area (TPSA) is 36.4 Å². The van der Waals surface area contributed by atoms with Crippen LogP contribution in [0.5, 0.6) is 0 Å². The first kappa shape index (κ1) is 14.7. The second kappa shape index (κ2) is 6.71. The molecule has 0 radical (unpaired) electrons. The van der Waals surface area contributed by atoms with E-state index in [2.05, 4.69) is 27.8 Å². The first-order chi connectivity index (χ1) is 10.8. The number of benzene rings is 1. The molecule has 0 spiro atoms. The Morgan fingerprint density at radius 2 is 2.05 bits per heavy atom. The maximum atomic E-state index is 10.7. The van der Waals surface area contributed by atoms with Crippen LogP contribution in [0.4, 0.5) is 5.69 Å². The monoisotopic (exact) mass is 295 g/mol. The van der Waals surface area contributed by atoms with E-state index in [0.717, 1.165) is 38.0 Å². The first-order valence-electron chi connectivity index (χ1n) is 7.69. The molecule has 0 saturated carbocycles. The van der Waals surface area contributed by atoms with Crippen LogP contribution in [0, 0.1) is 0 Å². The highest BCUT2D eigenvalue weighted by atomic mass is 16.1. The van der Waals surface area contributed by atoms with Crippen molar-refractivity contribution < 1.29 is 4.79 Å². The van der Waals surface area contributed by atoms with E-state index in [4.69, 9.17) is 0 Å². The Bertz CT molecular complexity index is 612. The van der Waals surface area contributed by atoms with Gasteiger partial charge in [0.2, 0.25) is 0 Å². The van der Waals surface area contributed by atoms with Crippen LogP contribution in [-0.4, -0.2) is 41.8 Å². The Morgan fingerprint density at radius 1 is 1.23 bits per heavy atom. The zero-order valence-corrected chi connectivity index (χ0v) is 12.9. The molecule has 1 atom stereocenters. The predicted octanol–water partition coefficient (Wildman–Crippen LogP) is 2.60. The lowest BCUT2D eigenvalue weighted by atomic mass is 10.1. The van der Waals surface area contributed by atoms with Crippen molar-refractivity contribution in [2.24, 2.45) is 0 Å². The summed E-state index contributed by atoms with van der Waals surface area (Å²) in [6.07, 6.45) is 4.64. The second-order valence-corrected chi connectivity index (χ2v) is 5.84. The largest absolute Gasteiger partial charge is 0.369 e. The van der Waals surface area contributed by atoms with E-state index in [1.54, 1.807) is 0 Å². The summed E-state index contributed by atoms with van der Waals surface area (Å²) in [6, 6.07) is 12.4. The summed E-state index contributed by atoms with van der Waals surface area (Å²) in [5.74, 6) is 0. The Labute approximate surface area is 131 Å². The van der Waals surface area contributed by atoms with Crippen molar-refractivity contribution in [3.05, 3.63) is 59.9 Å². The normalized spacial score (nSPS) is 19.1. The van der Waals surface area contributed by atoms with Crippen LogP contribution in [-0.2, 0) is 6.54 Å². The number of carbonyl (C=O) groups is 1. The SMILES string of the molecule is CC1CN(c2ccc(C=O)cc2)CCN1Cc1cccnc1. The molecule has 1 aliphatic heterocycles. The zero-order valence-electron chi connectivity index (χ0n) is 12.9. The lowest BCUT2D eigenvalue weighted by molar-refractivity contribution is 0.112. The van der Waals surface area contributed by atoms with Crippen molar-refractivity contribution >= 4 is 12.0 Å². The molecule has 4 nitrogen and oxygen atoms in total. The Balaban J connectivity index is 1.62. The fourth-order valence-corrected chi connectivity index (χ4v) is 2.95. The minimum atomic E-state index is 0.486. The van der Waals surface area contributed by atoms with Gasteiger partial charge in [-0.05, 0) is 42.8 Å². The summed E-state index contributed by atoms with van der Waals surface area (Å²) in [4.78, 5) is 19.8. The quantitative estimate of drug-likeness (QED) is 0.812. The van der Waals surface area contributed by atoms with Gasteiger partial charge in [-0.15, -0.1) is 0 Å². The van der Waals surface area contributed by atoms with E-state index in [9.17, 15) is 4.79 Å². The highest BCUT2D eigenvalue weighted by molar-refractivity contribution is 5.75. The van der Waals surface area contributed by atoms with E-state index in [1.165, 1.54) is 11.3 Å². The van der Waals surface area contributed by atoms with Gasteiger partial charge >= 0.3 is 0 Å². The van der Waals surface area contributed by atoms with Crippen LogP contribution in [0.1, 0.15) is 22.8 Å². The zero-order chi connectivity index (χ0) is 15.4. The van der Waals surface area contributed by atoms with Gasteiger partial charge in [0.15, 0.2) is 0 Å². The fraction of sp³-hybridized carbons (Fsp3) is 0.333. The smallest absolute Gasteiger partial charge is 0.150 e. The summed E-state index contributed by atoms with van der Waals surface area (Å²) in [5.41, 5.74) is 3.18. The summed E-state index contributed by atoms with van der Waals surface area (Å²) in [7, 11) is 0. The molecule has 0 aliphatic carbocycles. The van der Waals surface area contributed by atoms with Crippen LogP contribution in [0.15, 0.2) is 48.8 Å². The summed E-state index contributed by atoms with van der Waals surface area (Å²) in [5, 5.41) is 0. The van der Waals surface area contributed by atoms with Gasteiger partial charge in [0.05, 0.1) is 0 Å². The van der Waals surface area contributed by atoms with Crippen molar-refractivity contribution in [2.45, 2.75) is 19.5 Å². The third kappa shape index (κ3) is 3.34. The lowest BCUT2D eigenvalue weighted by Crippen LogP contribution is -2.51. The van der Waals surface area contributed by atoms with Crippen molar-refractivity contribution in [2.75, 3.05) is 24.5 Å². The molecule has 1 aromatic heterocycles. The molecule has 1 unspecified atom stereocenters. The van der Waals surface area contributed by atoms with Crippen LogP contribution < -0.4 is 4.90 Å². The molecule has 4 heteroatoms. The van der Waals surface area contributed by atoms with Gasteiger partial charge in [-0.1, -0.05) is 6.07 Å². The molecule has 3 rings (SSSR count). The average molecular weight is 295 g/mol. The van der Waals surface area contributed by atoms with Crippen molar-refractivity contribution in [3.8, 4) is 0 Å². The third-order valence-corrected chi connectivity index (χ3v) is 4.27. The van der Waals surface area contributed by atoms with E-state index >= 15 is 0 Å². The number of hydrogen-bond donors (Lipinski definition) is 0. The Kier molecular flexibility index (Phi) is 4.49. The van der Waals surface area contributed by atoms with E-state index in [-0.39, 0.29) is 0 Å². The molecule has 0 amide bonds. The summed E-state index contributed by atoms with van der Waals surface area (Å²) in [6.45, 7) is 6.26. The van der Waals surface area contributed by atoms with E-state index in [0.29, 0.717) is 6.04 Å². The molecule has 0 bridgehead atoms. The van der Waals surface area contributed by atoms with Crippen molar-refractivity contribution in [1.29, 1.82) is 0 Å². The Hall–Kier alpha value is -2.20. The lowest BCUT2D eigenvalue weighted by Gasteiger charge is -2.41. The van der Waals surface area contributed by atoms with Crippen LogP contribution in [0.25, 0.3) is 0 Å². The number of aldehydes is 1. The number of rotatable bonds is 4. The van der Waals surface area contributed by atoms with Gasteiger partial charge in [-0.25, -0.2) is 0 Å². The molecular formula is C18H21N3O. The highest BCUT2D eigenvalue weighted by Crippen LogP contribution is 2.20. The van der Waals surface area contributed by atoms with Gasteiger partial charge in [-0.2, -0.15) is 0 Å². The van der Waals surface area contributed by atoms with Gasteiger partial charge in [0.25, 0.3) is 0 Å². The predicted molar refractivity (Wildman–Crippen MR) is 88.2 cm³/mol. The number of carbonyl (C=O) groups excluding carboxylic acids is 1. The van der Waals surface area contributed by atoms with E-state index < -0.39 is 0 Å². The van der Waals surface area contributed by atoms with Crippen molar-refractivity contribution in [1.82, 2.24) is 9.88 Å².